The van der Waals surface area contributed by atoms with Gasteiger partial charge >= 0.3 is 0 Å². The molecule has 0 atom stereocenters. The second-order valence-electron chi connectivity index (χ2n) is 15.2. The van der Waals surface area contributed by atoms with Crippen LogP contribution in [0.25, 0.3) is 114 Å². The summed E-state index contributed by atoms with van der Waals surface area (Å²) in [5, 5.41) is 13.0. The maximum Gasteiger partial charge on any atom is 0.236 e. The number of aromatic nitrogens is 3. The van der Waals surface area contributed by atoms with E-state index in [4.69, 9.17) is 14.4 Å². The van der Waals surface area contributed by atoms with E-state index in [2.05, 4.69) is 168 Å². The minimum Gasteiger partial charge on any atom is -0.451 e. The van der Waals surface area contributed by atoms with Gasteiger partial charge in [0.25, 0.3) is 0 Å². The molecule has 0 saturated heterocycles. The molecule has 0 fully saturated rings. The number of thiophene rings is 1. The van der Waals surface area contributed by atoms with Crippen molar-refractivity contribution in [2.45, 2.75) is 19.6 Å². The molecule has 0 radical (unpaired) electrons. The summed E-state index contributed by atoms with van der Waals surface area (Å²) >= 11 is 5.50. The van der Waals surface area contributed by atoms with E-state index < -0.39 is 0 Å². The minimum atomic E-state index is 0.618. The van der Waals surface area contributed by atoms with Crippen LogP contribution in [-0.2, 0) is 0 Å². The lowest BCUT2D eigenvalue weighted by Crippen LogP contribution is -2.04. The SMILES string of the molecule is c1ccc2c(c1)Sc1cccc(-c3nc(-n4c5ccccc5c5ccc6c7c8ccccc8sc7c7ccccc7c6c54)nc4c3oc3c5ccccc5ccc43)c1S2. The zero-order chi connectivity index (χ0) is 38.3. The van der Waals surface area contributed by atoms with Gasteiger partial charge in [-0.1, -0.05) is 151 Å². The van der Waals surface area contributed by atoms with Crippen molar-refractivity contribution in [3.05, 3.63) is 164 Å². The van der Waals surface area contributed by atoms with Crippen LogP contribution in [0.4, 0.5) is 0 Å². The molecular weight excluding hydrogens is 779 g/mol. The standard InChI is InChI=1S/C52H27N3OS3/c1-2-13-29-28(12-1)24-25-36-45-49(56-48(29)36)46(37-18-11-23-42-50(37)59-41-22-10-9-21-40(41)57-42)54-52(53-45)55-38-19-7-5-14-30(38)32-26-27-35-43(47(32)55)31-15-3-4-16-33(31)51-44(35)34-17-6-8-20-39(34)58-51/h1-27H. The molecule has 59 heavy (non-hydrogen) atoms. The Bertz CT molecular complexity index is 3990. The predicted molar refractivity (Wildman–Crippen MR) is 249 cm³/mol. The summed E-state index contributed by atoms with van der Waals surface area (Å²) in [4.78, 5) is 16.2. The molecule has 9 aromatic carbocycles. The van der Waals surface area contributed by atoms with Crippen molar-refractivity contribution in [3.63, 3.8) is 0 Å². The van der Waals surface area contributed by atoms with Gasteiger partial charge in [0.2, 0.25) is 5.95 Å². The van der Waals surface area contributed by atoms with Gasteiger partial charge in [0.15, 0.2) is 5.58 Å². The molecule has 7 heteroatoms. The molecule has 0 unspecified atom stereocenters. The van der Waals surface area contributed by atoms with E-state index in [-0.39, 0.29) is 0 Å². The molecule has 4 aromatic heterocycles. The van der Waals surface area contributed by atoms with Gasteiger partial charge in [-0.3, -0.25) is 4.57 Å². The van der Waals surface area contributed by atoms with Gasteiger partial charge in [0.05, 0.1) is 11.0 Å². The lowest BCUT2D eigenvalue weighted by Gasteiger charge is -2.21. The first kappa shape index (κ1) is 32.3. The Kier molecular flexibility index (Phi) is 6.55. The van der Waals surface area contributed by atoms with Gasteiger partial charge in [-0.25, -0.2) is 9.97 Å². The Morgan fingerprint density at radius 1 is 0.458 bits per heavy atom. The molecule has 1 aliphatic heterocycles. The molecule has 0 spiro atoms. The second-order valence-corrected chi connectivity index (χ2v) is 18.4. The third-order valence-electron chi connectivity index (χ3n) is 12.1. The Hall–Kier alpha value is -6.64. The van der Waals surface area contributed by atoms with Gasteiger partial charge in [0.1, 0.15) is 16.8 Å². The molecule has 0 aliphatic carbocycles. The Morgan fingerprint density at radius 2 is 1.15 bits per heavy atom. The normalized spacial score (nSPS) is 12.9. The maximum absolute atomic E-state index is 7.02. The summed E-state index contributed by atoms with van der Waals surface area (Å²) < 4.78 is 12.0. The van der Waals surface area contributed by atoms with E-state index in [1.807, 2.05) is 34.9 Å². The largest absolute Gasteiger partial charge is 0.451 e. The van der Waals surface area contributed by atoms with Crippen molar-refractivity contribution >= 4 is 131 Å². The number of rotatable bonds is 2. The van der Waals surface area contributed by atoms with E-state index in [9.17, 15) is 0 Å². The second kappa shape index (κ2) is 12.0. The van der Waals surface area contributed by atoms with Crippen molar-refractivity contribution in [1.29, 1.82) is 0 Å². The first-order chi connectivity index (χ1) is 29.3. The highest BCUT2D eigenvalue weighted by molar-refractivity contribution is 8.05. The van der Waals surface area contributed by atoms with E-state index >= 15 is 0 Å². The summed E-state index contributed by atoms with van der Waals surface area (Å²) in [6, 6.07) is 59.1. The summed E-state index contributed by atoms with van der Waals surface area (Å²) in [6.45, 7) is 0. The predicted octanol–water partition coefficient (Wildman–Crippen LogP) is 15.6. The van der Waals surface area contributed by atoms with Crippen LogP contribution in [-0.4, -0.2) is 14.5 Å². The van der Waals surface area contributed by atoms with Crippen LogP contribution < -0.4 is 0 Å². The number of nitrogens with zero attached hydrogens (tertiary/aromatic N) is 3. The van der Waals surface area contributed by atoms with Crippen molar-refractivity contribution in [2.24, 2.45) is 0 Å². The van der Waals surface area contributed by atoms with Crippen LogP contribution in [0.1, 0.15) is 0 Å². The smallest absolute Gasteiger partial charge is 0.236 e. The van der Waals surface area contributed by atoms with Gasteiger partial charge < -0.3 is 4.42 Å². The molecule has 0 N–H and O–H groups in total. The molecular formula is C52H27N3OS3. The zero-order valence-corrected chi connectivity index (χ0v) is 33.5. The molecule has 4 nitrogen and oxygen atoms in total. The quantitative estimate of drug-likeness (QED) is 0.163. The average molecular weight is 806 g/mol. The fourth-order valence-electron chi connectivity index (χ4n) is 9.53. The molecule has 14 rings (SSSR count). The van der Waals surface area contributed by atoms with Gasteiger partial charge in [0, 0.05) is 77.6 Å². The highest BCUT2D eigenvalue weighted by atomic mass is 32.2. The summed E-state index contributed by atoms with van der Waals surface area (Å²) in [5.41, 5.74) is 6.32. The lowest BCUT2D eigenvalue weighted by molar-refractivity contribution is 0.670. The number of furan rings is 1. The first-order valence-corrected chi connectivity index (χ1v) is 22.1. The monoisotopic (exact) mass is 805 g/mol. The molecule has 1 aliphatic rings. The highest BCUT2D eigenvalue weighted by Gasteiger charge is 2.28. The van der Waals surface area contributed by atoms with E-state index in [1.165, 1.54) is 66.7 Å². The Morgan fingerprint density at radius 3 is 2.05 bits per heavy atom. The lowest BCUT2D eigenvalue weighted by atomic mass is 9.95. The van der Waals surface area contributed by atoms with Crippen LogP contribution in [0, 0.1) is 0 Å². The van der Waals surface area contributed by atoms with Gasteiger partial charge in [-0.2, -0.15) is 0 Å². The fourth-order valence-corrected chi connectivity index (χ4v) is 13.2. The molecule has 0 amide bonds. The van der Waals surface area contributed by atoms with E-state index in [1.54, 1.807) is 0 Å². The summed E-state index contributed by atoms with van der Waals surface area (Å²) in [5.74, 6) is 0.618. The van der Waals surface area contributed by atoms with Crippen LogP contribution in [0.15, 0.2) is 188 Å². The maximum atomic E-state index is 7.02. The van der Waals surface area contributed by atoms with Gasteiger partial charge in [-0.05, 0) is 52.6 Å². The van der Waals surface area contributed by atoms with E-state index in [0.29, 0.717) is 11.5 Å². The highest BCUT2D eigenvalue weighted by Crippen LogP contribution is 2.53. The number of benzene rings is 9. The Balaban J connectivity index is 1.17. The van der Waals surface area contributed by atoms with Crippen molar-refractivity contribution < 1.29 is 4.42 Å². The first-order valence-electron chi connectivity index (χ1n) is 19.7. The Labute approximate surface area is 348 Å². The molecule has 13 aromatic rings. The number of para-hydroxylation sites is 1. The van der Waals surface area contributed by atoms with Crippen LogP contribution in [0.3, 0.4) is 0 Å². The summed E-state index contributed by atoms with van der Waals surface area (Å²) in [6.07, 6.45) is 0. The van der Waals surface area contributed by atoms with Crippen molar-refractivity contribution in [3.8, 4) is 17.2 Å². The summed E-state index contributed by atoms with van der Waals surface area (Å²) in [7, 11) is 0. The van der Waals surface area contributed by atoms with Crippen LogP contribution in [0.5, 0.6) is 0 Å². The van der Waals surface area contributed by atoms with Gasteiger partial charge in [-0.15, -0.1) is 11.3 Å². The van der Waals surface area contributed by atoms with Crippen molar-refractivity contribution in [1.82, 2.24) is 14.5 Å². The molecule has 0 saturated carbocycles. The fraction of sp³-hybridized carbons (Fsp3) is 0. The average Bonchev–Trinajstić information content (AvgIpc) is 3.98. The minimum absolute atomic E-state index is 0.618. The molecule has 0 bridgehead atoms. The third kappa shape index (κ3) is 4.41. The molecule has 274 valence electrons. The number of hydrogen-bond acceptors (Lipinski definition) is 6. The van der Waals surface area contributed by atoms with Crippen molar-refractivity contribution in [2.75, 3.05) is 0 Å². The third-order valence-corrected chi connectivity index (χ3v) is 15.9. The molecule has 5 heterocycles. The number of fused-ring (bicyclic) bond motifs is 19. The van der Waals surface area contributed by atoms with E-state index in [0.717, 1.165) is 54.9 Å². The van der Waals surface area contributed by atoms with Crippen LogP contribution >= 0.6 is 34.9 Å². The topological polar surface area (TPSA) is 43.9 Å². The number of hydrogen-bond donors (Lipinski definition) is 0. The van der Waals surface area contributed by atoms with Crippen LogP contribution in [0.2, 0.25) is 0 Å². The zero-order valence-electron chi connectivity index (χ0n) is 31.1.